The van der Waals surface area contributed by atoms with Crippen LogP contribution in [0.15, 0.2) is 24.3 Å². The van der Waals surface area contributed by atoms with E-state index in [0.29, 0.717) is 13.2 Å². The molecule has 4 nitrogen and oxygen atoms in total. The van der Waals surface area contributed by atoms with Crippen LogP contribution in [0.25, 0.3) is 0 Å². The number of carbonyl (C=O) groups excluding carboxylic acids is 2. The minimum absolute atomic E-state index is 0.0322. The van der Waals surface area contributed by atoms with Crippen LogP contribution in [0.2, 0.25) is 0 Å². The molecule has 1 aromatic carbocycles. The number of halogens is 1. The molecule has 20 heavy (non-hydrogen) atoms. The molecule has 1 amide bonds. The van der Waals surface area contributed by atoms with Crippen molar-refractivity contribution >= 4 is 11.9 Å². The van der Waals surface area contributed by atoms with E-state index in [0.717, 1.165) is 6.42 Å². The smallest absolute Gasteiger partial charge is 0.307 e. The van der Waals surface area contributed by atoms with E-state index in [1.807, 2.05) is 6.92 Å². The molecular weight excluding hydrogens is 261 g/mol. The molecule has 5 heteroatoms. The molecule has 0 unspecified atom stereocenters. The van der Waals surface area contributed by atoms with Crippen LogP contribution >= 0.6 is 0 Å². The lowest BCUT2D eigenvalue weighted by molar-refractivity contribution is -0.143. The summed E-state index contributed by atoms with van der Waals surface area (Å²) in [7, 11) is 0. The Morgan fingerprint density at radius 2 is 1.90 bits per heavy atom. The van der Waals surface area contributed by atoms with Crippen molar-refractivity contribution in [2.45, 2.75) is 26.7 Å². The van der Waals surface area contributed by atoms with E-state index in [2.05, 4.69) is 0 Å². The molecule has 0 radical (unpaired) electrons. The fraction of sp³-hybridized carbons (Fsp3) is 0.467. The summed E-state index contributed by atoms with van der Waals surface area (Å²) in [4.78, 5) is 25.1. The minimum atomic E-state index is -0.547. The third-order valence-corrected chi connectivity index (χ3v) is 2.78. The highest BCUT2D eigenvalue weighted by Gasteiger charge is 2.19. The van der Waals surface area contributed by atoms with Crippen LogP contribution in [0.4, 0.5) is 4.39 Å². The molecule has 0 aliphatic rings. The highest BCUT2D eigenvalue weighted by atomic mass is 19.1. The van der Waals surface area contributed by atoms with Crippen LogP contribution in [0.5, 0.6) is 0 Å². The molecule has 1 rings (SSSR count). The van der Waals surface area contributed by atoms with Crippen molar-refractivity contribution in [2.24, 2.45) is 0 Å². The number of hydrogen-bond acceptors (Lipinski definition) is 3. The molecule has 0 heterocycles. The Kier molecular flexibility index (Phi) is 6.70. The summed E-state index contributed by atoms with van der Waals surface area (Å²) in [5, 5.41) is 0. The molecule has 0 saturated carbocycles. The summed E-state index contributed by atoms with van der Waals surface area (Å²) in [6.07, 6.45) is 0.858. The van der Waals surface area contributed by atoms with Crippen molar-refractivity contribution in [3.8, 4) is 0 Å². The number of benzene rings is 1. The monoisotopic (exact) mass is 281 g/mol. The number of hydrogen-bond donors (Lipinski definition) is 0. The number of amides is 1. The number of ether oxygens (including phenoxy) is 1. The van der Waals surface area contributed by atoms with Gasteiger partial charge in [0, 0.05) is 13.1 Å². The summed E-state index contributed by atoms with van der Waals surface area (Å²) < 4.78 is 18.4. The maximum Gasteiger partial charge on any atom is 0.307 e. The molecule has 0 aliphatic heterocycles. The molecule has 0 saturated heterocycles. The lowest BCUT2D eigenvalue weighted by Crippen LogP contribution is -2.34. The van der Waals surface area contributed by atoms with Gasteiger partial charge in [0.05, 0.1) is 18.6 Å². The van der Waals surface area contributed by atoms with Gasteiger partial charge in [-0.15, -0.1) is 0 Å². The molecule has 0 atom stereocenters. The number of nitrogens with zero attached hydrogens (tertiary/aromatic N) is 1. The Hall–Kier alpha value is -1.91. The van der Waals surface area contributed by atoms with E-state index >= 15 is 0 Å². The van der Waals surface area contributed by atoms with Crippen LogP contribution in [0.3, 0.4) is 0 Å². The molecule has 0 fully saturated rings. The zero-order chi connectivity index (χ0) is 15.0. The first kappa shape index (κ1) is 16.1. The van der Waals surface area contributed by atoms with Crippen molar-refractivity contribution < 1.29 is 18.7 Å². The lowest BCUT2D eigenvalue weighted by Gasteiger charge is -2.22. The standard InChI is InChI=1S/C15H20FNO3/c1-3-10-17(11-9-14(18)20-4-2)15(19)12-7-5-6-8-13(12)16/h5-8H,3-4,9-11H2,1-2H3. The van der Waals surface area contributed by atoms with Gasteiger partial charge in [0.25, 0.3) is 5.91 Å². The predicted molar refractivity (Wildman–Crippen MR) is 73.8 cm³/mol. The minimum Gasteiger partial charge on any atom is -0.466 e. The number of esters is 1. The molecule has 0 bridgehead atoms. The summed E-state index contributed by atoms with van der Waals surface area (Å²) in [6.45, 7) is 4.68. The quantitative estimate of drug-likeness (QED) is 0.722. The highest BCUT2D eigenvalue weighted by molar-refractivity contribution is 5.94. The summed E-state index contributed by atoms with van der Waals surface area (Å²) in [6, 6.07) is 5.86. The number of rotatable bonds is 7. The predicted octanol–water partition coefficient (Wildman–Crippen LogP) is 2.63. The van der Waals surface area contributed by atoms with Crippen LogP contribution in [0.1, 0.15) is 37.0 Å². The average Bonchev–Trinajstić information content (AvgIpc) is 2.43. The van der Waals surface area contributed by atoms with Crippen molar-refractivity contribution in [3.63, 3.8) is 0 Å². The second kappa shape index (κ2) is 8.30. The summed E-state index contributed by atoms with van der Waals surface area (Å²) in [5.74, 6) is -1.29. The van der Waals surface area contributed by atoms with Crippen molar-refractivity contribution in [1.29, 1.82) is 0 Å². The van der Waals surface area contributed by atoms with Crippen molar-refractivity contribution in [2.75, 3.05) is 19.7 Å². The average molecular weight is 281 g/mol. The molecule has 0 aromatic heterocycles. The fourth-order valence-corrected chi connectivity index (χ4v) is 1.85. The normalized spacial score (nSPS) is 10.2. The molecule has 0 aliphatic carbocycles. The first-order valence-corrected chi connectivity index (χ1v) is 6.79. The van der Waals surface area contributed by atoms with E-state index < -0.39 is 11.7 Å². The SMILES string of the molecule is CCCN(CCC(=O)OCC)C(=O)c1ccccc1F. The van der Waals surface area contributed by atoms with Gasteiger partial charge in [0.1, 0.15) is 5.82 Å². The van der Waals surface area contributed by atoms with Gasteiger partial charge in [0.15, 0.2) is 0 Å². The largest absolute Gasteiger partial charge is 0.466 e. The van der Waals surface area contributed by atoms with Gasteiger partial charge >= 0.3 is 5.97 Å². The van der Waals surface area contributed by atoms with Crippen LogP contribution < -0.4 is 0 Å². The second-order valence-corrected chi connectivity index (χ2v) is 4.33. The molecule has 0 N–H and O–H groups in total. The van der Waals surface area contributed by atoms with Crippen molar-refractivity contribution in [3.05, 3.63) is 35.6 Å². The van der Waals surface area contributed by atoms with Gasteiger partial charge in [-0.2, -0.15) is 0 Å². The Bertz CT molecular complexity index is 462. The van der Waals surface area contributed by atoms with E-state index in [1.165, 1.54) is 23.1 Å². The topological polar surface area (TPSA) is 46.6 Å². The second-order valence-electron chi connectivity index (χ2n) is 4.33. The third kappa shape index (κ3) is 4.64. The molecule has 0 spiro atoms. The summed E-state index contributed by atoms with van der Waals surface area (Å²) >= 11 is 0. The molecular formula is C15H20FNO3. The molecule has 1 aromatic rings. The summed E-state index contributed by atoms with van der Waals surface area (Å²) in [5.41, 5.74) is 0.0322. The van der Waals surface area contributed by atoms with E-state index in [9.17, 15) is 14.0 Å². The Morgan fingerprint density at radius 1 is 1.20 bits per heavy atom. The first-order valence-electron chi connectivity index (χ1n) is 6.79. The van der Waals surface area contributed by atoms with Gasteiger partial charge in [-0.25, -0.2) is 4.39 Å². The lowest BCUT2D eigenvalue weighted by atomic mass is 10.1. The van der Waals surface area contributed by atoms with E-state index in [1.54, 1.807) is 13.0 Å². The van der Waals surface area contributed by atoms with Gasteiger partial charge in [-0.1, -0.05) is 19.1 Å². The Balaban J connectivity index is 2.72. The van der Waals surface area contributed by atoms with E-state index in [4.69, 9.17) is 4.74 Å². The molecule has 110 valence electrons. The van der Waals surface area contributed by atoms with Gasteiger partial charge < -0.3 is 9.64 Å². The number of carbonyl (C=O) groups is 2. The Morgan fingerprint density at radius 3 is 2.50 bits per heavy atom. The highest BCUT2D eigenvalue weighted by Crippen LogP contribution is 2.11. The zero-order valence-electron chi connectivity index (χ0n) is 11.9. The third-order valence-electron chi connectivity index (χ3n) is 2.78. The van der Waals surface area contributed by atoms with Gasteiger partial charge in [-0.3, -0.25) is 9.59 Å². The van der Waals surface area contributed by atoms with Gasteiger partial charge in [-0.05, 0) is 25.5 Å². The van der Waals surface area contributed by atoms with Crippen LogP contribution in [-0.4, -0.2) is 36.5 Å². The first-order chi connectivity index (χ1) is 9.60. The van der Waals surface area contributed by atoms with Gasteiger partial charge in [0.2, 0.25) is 0 Å². The zero-order valence-corrected chi connectivity index (χ0v) is 11.9. The fourth-order valence-electron chi connectivity index (χ4n) is 1.85. The maximum atomic E-state index is 13.6. The van der Waals surface area contributed by atoms with Crippen molar-refractivity contribution in [1.82, 2.24) is 4.90 Å². The van der Waals surface area contributed by atoms with Crippen LogP contribution in [0, 0.1) is 5.82 Å². The van der Waals surface area contributed by atoms with Crippen LogP contribution in [-0.2, 0) is 9.53 Å². The maximum absolute atomic E-state index is 13.6. The van der Waals surface area contributed by atoms with E-state index in [-0.39, 0.29) is 24.5 Å². The Labute approximate surface area is 118 Å².